The Bertz CT molecular complexity index is 439. The van der Waals surface area contributed by atoms with E-state index in [2.05, 4.69) is 65.0 Å². The van der Waals surface area contributed by atoms with Crippen LogP contribution in [-0.2, 0) is 13.1 Å². The molecular weight excluding hydrogens is 252 g/mol. The molecule has 2 aromatic rings. The molecule has 1 aromatic heterocycles. The van der Waals surface area contributed by atoms with Gasteiger partial charge in [-0.3, -0.25) is 4.90 Å². The van der Waals surface area contributed by atoms with Gasteiger partial charge in [0.2, 0.25) is 0 Å². The van der Waals surface area contributed by atoms with E-state index < -0.39 is 0 Å². The SMILES string of the molecule is CCN(CCNCc1cccs1)Cc1ccccc1. The summed E-state index contributed by atoms with van der Waals surface area (Å²) in [5.41, 5.74) is 1.39. The van der Waals surface area contributed by atoms with Gasteiger partial charge in [-0.05, 0) is 23.6 Å². The number of benzene rings is 1. The number of rotatable bonds is 8. The zero-order valence-electron chi connectivity index (χ0n) is 11.5. The Hall–Kier alpha value is -1.16. The van der Waals surface area contributed by atoms with Gasteiger partial charge in [-0.2, -0.15) is 0 Å². The van der Waals surface area contributed by atoms with Crippen LogP contribution in [0, 0.1) is 0 Å². The van der Waals surface area contributed by atoms with E-state index in [0.717, 1.165) is 32.7 Å². The molecule has 0 unspecified atom stereocenters. The quantitative estimate of drug-likeness (QED) is 0.743. The molecule has 0 aliphatic rings. The standard InChI is InChI=1S/C16H22N2S/c1-2-18(14-15-7-4-3-5-8-15)11-10-17-13-16-9-6-12-19-16/h3-9,12,17H,2,10-11,13-14H2,1H3. The Labute approximate surface area is 120 Å². The second kappa shape index (κ2) is 8.10. The van der Waals surface area contributed by atoms with Gasteiger partial charge in [0.15, 0.2) is 0 Å². The Morgan fingerprint density at radius 3 is 2.63 bits per heavy atom. The van der Waals surface area contributed by atoms with E-state index in [1.807, 2.05) is 11.3 Å². The van der Waals surface area contributed by atoms with Crippen molar-refractivity contribution < 1.29 is 0 Å². The van der Waals surface area contributed by atoms with Crippen LogP contribution in [0.2, 0.25) is 0 Å². The lowest BCUT2D eigenvalue weighted by atomic mass is 10.2. The van der Waals surface area contributed by atoms with Crippen molar-refractivity contribution in [3.8, 4) is 0 Å². The molecule has 0 radical (unpaired) electrons. The predicted molar refractivity (Wildman–Crippen MR) is 83.4 cm³/mol. The molecule has 0 spiro atoms. The molecule has 2 nitrogen and oxygen atoms in total. The fourth-order valence-electron chi connectivity index (χ4n) is 2.05. The minimum atomic E-state index is 0.987. The van der Waals surface area contributed by atoms with Gasteiger partial charge in [-0.25, -0.2) is 0 Å². The third kappa shape index (κ3) is 5.15. The van der Waals surface area contributed by atoms with Crippen LogP contribution in [-0.4, -0.2) is 24.5 Å². The van der Waals surface area contributed by atoms with Crippen molar-refractivity contribution in [3.05, 3.63) is 58.3 Å². The summed E-state index contributed by atoms with van der Waals surface area (Å²) in [6.07, 6.45) is 0. The van der Waals surface area contributed by atoms with E-state index in [0.29, 0.717) is 0 Å². The van der Waals surface area contributed by atoms with Gasteiger partial charge < -0.3 is 5.32 Å². The number of nitrogens with one attached hydrogen (secondary N) is 1. The van der Waals surface area contributed by atoms with Gasteiger partial charge in [0.25, 0.3) is 0 Å². The summed E-state index contributed by atoms with van der Waals surface area (Å²) in [7, 11) is 0. The number of hydrogen-bond acceptors (Lipinski definition) is 3. The topological polar surface area (TPSA) is 15.3 Å². The molecule has 1 aromatic carbocycles. The van der Waals surface area contributed by atoms with Crippen LogP contribution in [0.25, 0.3) is 0 Å². The highest BCUT2D eigenvalue weighted by Gasteiger charge is 2.03. The molecule has 0 amide bonds. The molecule has 0 saturated carbocycles. The summed E-state index contributed by atoms with van der Waals surface area (Å²) in [6.45, 7) is 7.48. The Morgan fingerprint density at radius 2 is 1.95 bits per heavy atom. The second-order valence-electron chi connectivity index (χ2n) is 4.61. The molecule has 0 fully saturated rings. The molecule has 3 heteroatoms. The summed E-state index contributed by atoms with van der Waals surface area (Å²) >= 11 is 1.81. The molecule has 2 rings (SSSR count). The van der Waals surface area contributed by atoms with Crippen LogP contribution < -0.4 is 5.32 Å². The van der Waals surface area contributed by atoms with Gasteiger partial charge in [0.05, 0.1) is 0 Å². The van der Waals surface area contributed by atoms with Crippen molar-refractivity contribution in [2.24, 2.45) is 0 Å². The summed E-state index contributed by atoms with van der Waals surface area (Å²) in [4.78, 5) is 3.88. The number of hydrogen-bond donors (Lipinski definition) is 1. The van der Waals surface area contributed by atoms with Gasteiger partial charge in [0.1, 0.15) is 0 Å². The summed E-state index contributed by atoms with van der Waals surface area (Å²) in [5, 5.41) is 5.64. The van der Waals surface area contributed by atoms with Crippen molar-refractivity contribution >= 4 is 11.3 Å². The molecule has 0 aliphatic carbocycles. The van der Waals surface area contributed by atoms with Crippen LogP contribution in [0.1, 0.15) is 17.4 Å². The molecule has 1 heterocycles. The number of nitrogens with zero attached hydrogens (tertiary/aromatic N) is 1. The average molecular weight is 274 g/mol. The van der Waals surface area contributed by atoms with Crippen LogP contribution >= 0.6 is 11.3 Å². The predicted octanol–water partition coefficient (Wildman–Crippen LogP) is 3.36. The Morgan fingerprint density at radius 1 is 1.11 bits per heavy atom. The van der Waals surface area contributed by atoms with E-state index in [-0.39, 0.29) is 0 Å². The zero-order chi connectivity index (χ0) is 13.3. The average Bonchev–Trinajstić information content (AvgIpc) is 2.96. The molecule has 102 valence electrons. The van der Waals surface area contributed by atoms with Crippen LogP contribution in [0.15, 0.2) is 47.8 Å². The largest absolute Gasteiger partial charge is 0.311 e. The third-order valence-corrected chi connectivity index (χ3v) is 4.06. The summed E-state index contributed by atoms with van der Waals surface area (Å²) in [5.74, 6) is 0. The molecule has 0 atom stereocenters. The van der Waals surface area contributed by atoms with Gasteiger partial charge in [-0.15, -0.1) is 11.3 Å². The van der Waals surface area contributed by atoms with Crippen LogP contribution in [0.4, 0.5) is 0 Å². The van der Waals surface area contributed by atoms with E-state index in [4.69, 9.17) is 0 Å². The number of likely N-dealkylation sites (N-methyl/N-ethyl adjacent to an activating group) is 1. The van der Waals surface area contributed by atoms with Crippen LogP contribution in [0.3, 0.4) is 0 Å². The molecule has 0 bridgehead atoms. The van der Waals surface area contributed by atoms with Crippen LogP contribution in [0.5, 0.6) is 0 Å². The van der Waals surface area contributed by atoms with Crippen molar-refractivity contribution in [2.45, 2.75) is 20.0 Å². The fraction of sp³-hybridized carbons (Fsp3) is 0.375. The van der Waals surface area contributed by atoms with Crippen molar-refractivity contribution in [1.29, 1.82) is 0 Å². The lowest BCUT2D eigenvalue weighted by Gasteiger charge is -2.20. The van der Waals surface area contributed by atoms with Gasteiger partial charge >= 0.3 is 0 Å². The summed E-state index contributed by atoms with van der Waals surface area (Å²) < 4.78 is 0. The Kier molecular flexibility index (Phi) is 6.08. The van der Waals surface area contributed by atoms with E-state index in [1.54, 1.807) is 0 Å². The second-order valence-corrected chi connectivity index (χ2v) is 5.64. The maximum atomic E-state index is 3.51. The number of thiophene rings is 1. The maximum absolute atomic E-state index is 3.51. The lowest BCUT2D eigenvalue weighted by Crippen LogP contribution is -2.31. The first-order chi connectivity index (χ1) is 9.38. The lowest BCUT2D eigenvalue weighted by molar-refractivity contribution is 0.279. The molecular formula is C16H22N2S. The highest BCUT2D eigenvalue weighted by Crippen LogP contribution is 2.07. The molecule has 1 N–H and O–H groups in total. The smallest absolute Gasteiger partial charge is 0.0300 e. The minimum Gasteiger partial charge on any atom is -0.311 e. The Balaban J connectivity index is 1.68. The van der Waals surface area contributed by atoms with Crippen molar-refractivity contribution in [1.82, 2.24) is 10.2 Å². The normalized spacial score (nSPS) is 11.1. The fourth-order valence-corrected chi connectivity index (χ4v) is 2.73. The van der Waals surface area contributed by atoms with Gasteiger partial charge in [0, 0.05) is 31.1 Å². The summed E-state index contributed by atoms with van der Waals surface area (Å²) in [6, 6.07) is 15.0. The van der Waals surface area contributed by atoms with E-state index in [1.165, 1.54) is 10.4 Å². The maximum Gasteiger partial charge on any atom is 0.0300 e. The first-order valence-electron chi connectivity index (χ1n) is 6.88. The first kappa shape index (κ1) is 14.3. The minimum absolute atomic E-state index is 0.987. The van der Waals surface area contributed by atoms with Crippen molar-refractivity contribution in [3.63, 3.8) is 0 Å². The monoisotopic (exact) mass is 274 g/mol. The third-order valence-electron chi connectivity index (χ3n) is 3.18. The molecule has 0 aliphatic heterocycles. The van der Waals surface area contributed by atoms with E-state index >= 15 is 0 Å². The zero-order valence-corrected chi connectivity index (χ0v) is 12.3. The van der Waals surface area contributed by atoms with Crippen molar-refractivity contribution in [2.75, 3.05) is 19.6 Å². The highest BCUT2D eigenvalue weighted by molar-refractivity contribution is 7.09. The highest BCUT2D eigenvalue weighted by atomic mass is 32.1. The van der Waals surface area contributed by atoms with E-state index in [9.17, 15) is 0 Å². The first-order valence-corrected chi connectivity index (χ1v) is 7.76. The van der Waals surface area contributed by atoms with Gasteiger partial charge in [-0.1, -0.05) is 43.3 Å². The molecule has 19 heavy (non-hydrogen) atoms. The molecule has 0 saturated heterocycles.